The van der Waals surface area contributed by atoms with Crippen LogP contribution in [0, 0.1) is 6.92 Å². The molecular formula is C14H18N4OS. The minimum absolute atomic E-state index is 0.0693. The topological polar surface area (TPSA) is 80.0 Å². The van der Waals surface area contributed by atoms with Gasteiger partial charge in [-0.2, -0.15) is 11.3 Å². The maximum absolute atomic E-state index is 12.2. The first-order valence-electron chi connectivity index (χ1n) is 6.35. The summed E-state index contributed by atoms with van der Waals surface area (Å²) < 4.78 is 0. The molecule has 0 aliphatic heterocycles. The van der Waals surface area contributed by atoms with E-state index in [2.05, 4.69) is 27.2 Å². The molecule has 0 fully saturated rings. The second-order valence-corrected chi connectivity index (χ2v) is 5.52. The number of anilines is 1. The van der Waals surface area contributed by atoms with Crippen LogP contribution in [-0.4, -0.2) is 16.9 Å². The predicted molar refractivity (Wildman–Crippen MR) is 81.7 cm³/mol. The number of nitrogens with one attached hydrogen (secondary N) is 2. The number of pyridine rings is 1. The Balaban J connectivity index is 2.02. The Hall–Kier alpha value is -1.92. The van der Waals surface area contributed by atoms with Gasteiger partial charge < -0.3 is 10.7 Å². The van der Waals surface area contributed by atoms with Gasteiger partial charge in [0.2, 0.25) is 0 Å². The summed E-state index contributed by atoms with van der Waals surface area (Å²) in [7, 11) is 0. The average Bonchev–Trinajstić information content (AvgIpc) is 2.90. The van der Waals surface area contributed by atoms with Gasteiger partial charge in [-0.05, 0) is 54.8 Å². The van der Waals surface area contributed by atoms with E-state index in [1.165, 1.54) is 5.56 Å². The number of hydrazine groups is 1. The quantitative estimate of drug-likeness (QED) is 0.582. The van der Waals surface area contributed by atoms with Gasteiger partial charge in [0.15, 0.2) is 0 Å². The number of aromatic nitrogens is 1. The van der Waals surface area contributed by atoms with E-state index in [9.17, 15) is 4.79 Å². The summed E-state index contributed by atoms with van der Waals surface area (Å²) in [6, 6.07) is 5.52. The van der Waals surface area contributed by atoms with Crippen LogP contribution in [0.25, 0.3) is 0 Å². The highest BCUT2D eigenvalue weighted by Gasteiger charge is 2.12. The Morgan fingerprint density at radius 1 is 1.50 bits per heavy atom. The first kappa shape index (κ1) is 14.5. The van der Waals surface area contributed by atoms with Crippen LogP contribution in [0.3, 0.4) is 0 Å². The second kappa shape index (κ2) is 6.49. The number of carbonyl (C=O) groups excluding carboxylic acids is 1. The van der Waals surface area contributed by atoms with Crippen molar-refractivity contribution >= 4 is 23.1 Å². The Morgan fingerprint density at radius 2 is 2.30 bits per heavy atom. The molecule has 2 heterocycles. The lowest BCUT2D eigenvalue weighted by Crippen LogP contribution is -2.34. The average molecular weight is 290 g/mol. The summed E-state index contributed by atoms with van der Waals surface area (Å²) in [5, 5.41) is 7.11. The molecule has 2 rings (SSSR count). The molecule has 0 aromatic carbocycles. The molecule has 0 saturated carbocycles. The molecule has 0 spiro atoms. The molecule has 1 amide bonds. The SMILES string of the molecule is Cc1cc(C(=O)NC(C)Cc2ccsc2)cc(NN)n1. The number of carbonyl (C=O) groups is 1. The zero-order valence-corrected chi connectivity index (χ0v) is 12.3. The minimum atomic E-state index is -0.116. The number of nitrogens with two attached hydrogens (primary N) is 1. The Labute approximate surface area is 122 Å². The van der Waals surface area contributed by atoms with E-state index in [0.29, 0.717) is 11.4 Å². The van der Waals surface area contributed by atoms with Crippen molar-refractivity contribution in [2.45, 2.75) is 26.3 Å². The van der Waals surface area contributed by atoms with Crippen LogP contribution in [0.15, 0.2) is 29.0 Å². The van der Waals surface area contributed by atoms with Gasteiger partial charge in [0.1, 0.15) is 5.82 Å². The maximum Gasteiger partial charge on any atom is 0.251 e. The van der Waals surface area contributed by atoms with Crippen LogP contribution in [0.4, 0.5) is 5.82 Å². The van der Waals surface area contributed by atoms with Crippen molar-refractivity contribution in [3.63, 3.8) is 0 Å². The van der Waals surface area contributed by atoms with E-state index in [1.54, 1.807) is 23.5 Å². The van der Waals surface area contributed by atoms with Gasteiger partial charge in [0, 0.05) is 17.3 Å². The smallest absolute Gasteiger partial charge is 0.251 e. The maximum atomic E-state index is 12.2. The van der Waals surface area contributed by atoms with Gasteiger partial charge in [-0.3, -0.25) is 4.79 Å². The van der Waals surface area contributed by atoms with Crippen LogP contribution in [0.5, 0.6) is 0 Å². The fourth-order valence-corrected chi connectivity index (χ4v) is 2.68. The zero-order valence-electron chi connectivity index (χ0n) is 11.5. The molecule has 0 radical (unpaired) electrons. The summed E-state index contributed by atoms with van der Waals surface area (Å²) in [6.45, 7) is 3.82. The lowest BCUT2D eigenvalue weighted by Gasteiger charge is -2.14. The van der Waals surface area contributed by atoms with Crippen LogP contribution in [-0.2, 0) is 6.42 Å². The molecule has 0 aliphatic carbocycles. The van der Waals surface area contributed by atoms with Crippen LogP contribution in [0.1, 0.15) is 28.5 Å². The normalized spacial score (nSPS) is 11.9. The summed E-state index contributed by atoms with van der Waals surface area (Å²) in [6.07, 6.45) is 0.821. The van der Waals surface area contributed by atoms with Crippen LogP contribution >= 0.6 is 11.3 Å². The highest BCUT2D eigenvalue weighted by atomic mass is 32.1. The summed E-state index contributed by atoms with van der Waals surface area (Å²) >= 11 is 1.66. The number of amides is 1. The van der Waals surface area contributed by atoms with Crippen LogP contribution in [0.2, 0.25) is 0 Å². The zero-order chi connectivity index (χ0) is 14.5. The Morgan fingerprint density at radius 3 is 2.95 bits per heavy atom. The number of aryl methyl sites for hydroxylation is 1. The van der Waals surface area contributed by atoms with E-state index in [1.807, 2.05) is 19.2 Å². The summed E-state index contributed by atoms with van der Waals surface area (Å²) in [5.74, 6) is 5.71. The fraction of sp³-hybridized carbons (Fsp3) is 0.286. The van der Waals surface area contributed by atoms with Crippen molar-refractivity contribution in [2.75, 3.05) is 5.43 Å². The molecule has 20 heavy (non-hydrogen) atoms. The first-order valence-corrected chi connectivity index (χ1v) is 7.30. The molecule has 1 atom stereocenters. The van der Waals surface area contributed by atoms with E-state index in [-0.39, 0.29) is 11.9 Å². The van der Waals surface area contributed by atoms with E-state index in [4.69, 9.17) is 5.84 Å². The lowest BCUT2D eigenvalue weighted by molar-refractivity contribution is 0.0940. The van der Waals surface area contributed by atoms with E-state index in [0.717, 1.165) is 12.1 Å². The third-order valence-corrected chi connectivity index (χ3v) is 3.60. The third kappa shape index (κ3) is 3.79. The second-order valence-electron chi connectivity index (χ2n) is 4.74. The summed E-state index contributed by atoms with van der Waals surface area (Å²) in [5.41, 5.74) is 5.00. The first-order chi connectivity index (χ1) is 9.58. The molecule has 106 valence electrons. The highest BCUT2D eigenvalue weighted by molar-refractivity contribution is 7.07. The van der Waals surface area contributed by atoms with Crippen molar-refractivity contribution < 1.29 is 4.79 Å². The number of hydrogen-bond donors (Lipinski definition) is 3. The highest BCUT2D eigenvalue weighted by Crippen LogP contribution is 2.11. The number of hydrogen-bond acceptors (Lipinski definition) is 5. The van der Waals surface area contributed by atoms with Crippen molar-refractivity contribution in [1.82, 2.24) is 10.3 Å². The monoisotopic (exact) mass is 290 g/mol. The third-order valence-electron chi connectivity index (χ3n) is 2.86. The van der Waals surface area contributed by atoms with Gasteiger partial charge in [0.25, 0.3) is 5.91 Å². The van der Waals surface area contributed by atoms with Crippen molar-refractivity contribution in [2.24, 2.45) is 5.84 Å². The molecule has 2 aromatic heterocycles. The van der Waals surface area contributed by atoms with Crippen molar-refractivity contribution in [1.29, 1.82) is 0 Å². The van der Waals surface area contributed by atoms with Gasteiger partial charge >= 0.3 is 0 Å². The molecule has 0 aliphatic rings. The molecule has 5 nitrogen and oxygen atoms in total. The molecular weight excluding hydrogens is 272 g/mol. The van der Waals surface area contributed by atoms with Crippen LogP contribution < -0.4 is 16.6 Å². The number of nitrogen functional groups attached to an aromatic ring is 1. The minimum Gasteiger partial charge on any atom is -0.349 e. The van der Waals surface area contributed by atoms with Crippen molar-refractivity contribution in [3.05, 3.63) is 45.8 Å². The standard InChI is InChI=1S/C14H18N4OS/c1-9(5-11-3-4-20-8-11)17-14(19)12-6-10(2)16-13(7-12)18-15/h3-4,6-9H,5,15H2,1-2H3,(H,16,18)(H,17,19). The Bertz CT molecular complexity index is 583. The molecule has 2 aromatic rings. The molecule has 1 unspecified atom stereocenters. The number of rotatable bonds is 5. The van der Waals surface area contributed by atoms with Gasteiger partial charge in [0.05, 0.1) is 0 Å². The van der Waals surface area contributed by atoms with Gasteiger partial charge in [-0.25, -0.2) is 10.8 Å². The van der Waals surface area contributed by atoms with Gasteiger partial charge in [-0.1, -0.05) is 0 Å². The Kier molecular flexibility index (Phi) is 4.70. The summed E-state index contributed by atoms with van der Waals surface area (Å²) in [4.78, 5) is 16.4. The fourth-order valence-electron chi connectivity index (χ4n) is 1.99. The number of nitrogens with zero attached hydrogens (tertiary/aromatic N) is 1. The van der Waals surface area contributed by atoms with E-state index >= 15 is 0 Å². The molecule has 0 bridgehead atoms. The predicted octanol–water partition coefficient (Wildman–Crippen LogP) is 2.10. The largest absolute Gasteiger partial charge is 0.349 e. The molecule has 0 saturated heterocycles. The van der Waals surface area contributed by atoms with Crippen molar-refractivity contribution in [3.8, 4) is 0 Å². The van der Waals surface area contributed by atoms with E-state index < -0.39 is 0 Å². The van der Waals surface area contributed by atoms with Gasteiger partial charge in [-0.15, -0.1) is 0 Å². The molecule has 4 N–H and O–H groups in total. The lowest BCUT2D eigenvalue weighted by atomic mass is 10.1. The number of thiophene rings is 1. The molecule has 6 heteroatoms.